The molecule has 1 fully saturated rings. The van der Waals surface area contributed by atoms with E-state index in [4.69, 9.17) is 5.73 Å². The maximum Gasteiger partial charge on any atom is 0.220 e. The summed E-state index contributed by atoms with van der Waals surface area (Å²) >= 11 is 0. The molecule has 0 spiro atoms. The quantitative estimate of drug-likeness (QED) is 0.717. The zero-order valence-electron chi connectivity index (χ0n) is 9.63. The van der Waals surface area contributed by atoms with E-state index in [1.165, 1.54) is 0 Å². The Kier molecular flexibility index (Phi) is 3.20. The van der Waals surface area contributed by atoms with Crippen LogP contribution in [-0.4, -0.2) is 18.0 Å². The Morgan fingerprint density at radius 3 is 2.50 bits per heavy atom. The van der Waals surface area contributed by atoms with Crippen LogP contribution in [0.1, 0.15) is 40.5 Å². The van der Waals surface area contributed by atoms with Crippen LogP contribution in [0, 0.1) is 11.3 Å². The summed E-state index contributed by atoms with van der Waals surface area (Å²) in [6.45, 7) is 8.33. The fraction of sp³-hybridized carbons (Fsp3) is 0.909. The van der Waals surface area contributed by atoms with Crippen molar-refractivity contribution in [3.8, 4) is 0 Å². The van der Waals surface area contributed by atoms with Crippen LogP contribution in [0.4, 0.5) is 0 Å². The summed E-state index contributed by atoms with van der Waals surface area (Å²) in [7, 11) is 0. The van der Waals surface area contributed by atoms with E-state index in [1.807, 2.05) is 0 Å². The molecule has 2 atom stereocenters. The van der Waals surface area contributed by atoms with Crippen molar-refractivity contribution in [1.29, 1.82) is 0 Å². The maximum absolute atomic E-state index is 11.5. The van der Waals surface area contributed by atoms with E-state index in [0.717, 1.165) is 6.42 Å². The SMILES string of the molecule is CC(C)CC(=O)NC1CC(N)C1(C)C. The smallest absolute Gasteiger partial charge is 0.220 e. The summed E-state index contributed by atoms with van der Waals surface area (Å²) < 4.78 is 0. The molecule has 0 heterocycles. The van der Waals surface area contributed by atoms with E-state index in [2.05, 4.69) is 33.0 Å². The molecule has 1 rings (SSSR count). The molecule has 3 nitrogen and oxygen atoms in total. The highest BCUT2D eigenvalue weighted by Crippen LogP contribution is 2.38. The fourth-order valence-electron chi connectivity index (χ4n) is 1.83. The van der Waals surface area contributed by atoms with Crippen molar-refractivity contribution in [3.63, 3.8) is 0 Å². The molecule has 1 aliphatic carbocycles. The van der Waals surface area contributed by atoms with Crippen LogP contribution in [-0.2, 0) is 4.79 Å². The van der Waals surface area contributed by atoms with Gasteiger partial charge in [-0.3, -0.25) is 4.79 Å². The largest absolute Gasteiger partial charge is 0.353 e. The van der Waals surface area contributed by atoms with E-state index in [-0.39, 0.29) is 23.4 Å². The maximum atomic E-state index is 11.5. The topological polar surface area (TPSA) is 55.1 Å². The lowest BCUT2D eigenvalue weighted by Gasteiger charge is -2.50. The number of hydrogen-bond acceptors (Lipinski definition) is 2. The van der Waals surface area contributed by atoms with Gasteiger partial charge in [0.15, 0.2) is 0 Å². The number of nitrogens with two attached hydrogens (primary N) is 1. The Hall–Kier alpha value is -0.570. The zero-order valence-corrected chi connectivity index (χ0v) is 9.63. The second kappa shape index (κ2) is 3.89. The third-order valence-electron chi connectivity index (χ3n) is 3.27. The summed E-state index contributed by atoms with van der Waals surface area (Å²) in [4.78, 5) is 11.5. The molecule has 82 valence electrons. The van der Waals surface area contributed by atoms with Gasteiger partial charge in [-0.2, -0.15) is 0 Å². The third-order valence-corrected chi connectivity index (χ3v) is 3.27. The highest BCUT2D eigenvalue weighted by atomic mass is 16.1. The van der Waals surface area contributed by atoms with Crippen LogP contribution in [0.15, 0.2) is 0 Å². The van der Waals surface area contributed by atoms with Crippen LogP contribution in [0.2, 0.25) is 0 Å². The Bertz CT molecular complexity index is 223. The molecule has 1 amide bonds. The molecule has 0 aliphatic heterocycles. The lowest BCUT2D eigenvalue weighted by molar-refractivity contribution is -0.125. The molecular weight excluding hydrogens is 176 g/mol. The minimum Gasteiger partial charge on any atom is -0.353 e. The molecule has 0 aromatic carbocycles. The summed E-state index contributed by atoms with van der Waals surface area (Å²) in [6, 6.07) is 0.496. The van der Waals surface area contributed by atoms with E-state index in [0.29, 0.717) is 12.3 Å². The molecule has 14 heavy (non-hydrogen) atoms. The van der Waals surface area contributed by atoms with Crippen LogP contribution in [0.3, 0.4) is 0 Å². The van der Waals surface area contributed by atoms with Gasteiger partial charge in [0.2, 0.25) is 5.91 Å². The lowest BCUT2D eigenvalue weighted by atomic mass is 9.63. The van der Waals surface area contributed by atoms with Gasteiger partial charge < -0.3 is 11.1 Å². The van der Waals surface area contributed by atoms with Gasteiger partial charge in [-0.25, -0.2) is 0 Å². The Morgan fingerprint density at radius 2 is 2.14 bits per heavy atom. The summed E-state index contributed by atoms with van der Waals surface area (Å²) in [5.41, 5.74) is 5.93. The molecule has 0 aromatic rings. The summed E-state index contributed by atoms with van der Waals surface area (Å²) in [5.74, 6) is 0.580. The highest BCUT2D eigenvalue weighted by Gasteiger charge is 2.46. The first-order chi connectivity index (χ1) is 6.34. The summed E-state index contributed by atoms with van der Waals surface area (Å²) in [5, 5.41) is 3.05. The van der Waals surface area contributed by atoms with E-state index in [1.54, 1.807) is 0 Å². The minimum atomic E-state index is 0.0621. The number of amides is 1. The predicted molar refractivity (Wildman–Crippen MR) is 57.8 cm³/mol. The van der Waals surface area contributed by atoms with Gasteiger partial charge >= 0.3 is 0 Å². The van der Waals surface area contributed by atoms with Crippen molar-refractivity contribution in [2.75, 3.05) is 0 Å². The molecule has 3 heteroatoms. The highest BCUT2D eigenvalue weighted by molar-refractivity contribution is 5.76. The monoisotopic (exact) mass is 198 g/mol. The molecule has 0 bridgehead atoms. The van der Waals surface area contributed by atoms with Gasteiger partial charge in [-0.1, -0.05) is 27.7 Å². The van der Waals surface area contributed by atoms with Crippen molar-refractivity contribution < 1.29 is 4.79 Å². The van der Waals surface area contributed by atoms with Crippen molar-refractivity contribution in [3.05, 3.63) is 0 Å². The second-order valence-electron chi connectivity index (χ2n) is 5.38. The molecular formula is C11H22N2O. The molecule has 3 N–H and O–H groups in total. The summed E-state index contributed by atoms with van der Waals surface area (Å²) in [6.07, 6.45) is 1.53. The lowest BCUT2D eigenvalue weighted by Crippen LogP contribution is -2.64. The van der Waals surface area contributed by atoms with Gasteiger partial charge in [0.25, 0.3) is 0 Å². The van der Waals surface area contributed by atoms with Crippen molar-refractivity contribution in [2.24, 2.45) is 17.1 Å². The minimum absolute atomic E-state index is 0.0621. The number of carbonyl (C=O) groups excluding carboxylic acids is 1. The predicted octanol–water partition coefficient (Wildman–Crippen LogP) is 1.27. The molecule has 1 aliphatic rings. The van der Waals surface area contributed by atoms with E-state index in [9.17, 15) is 4.79 Å². The van der Waals surface area contributed by atoms with Crippen LogP contribution in [0.25, 0.3) is 0 Å². The average molecular weight is 198 g/mol. The third kappa shape index (κ3) is 2.27. The first-order valence-electron chi connectivity index (χ1n) is 5.39. The Morgan fingerprint density at radius 1 is 1.57 bits per heavy atom. The molecule has 0 radical (unpaired) electrons. The normalized spacial score (nSPS) is 29.9. The van der Waals surface area contributed by atoms with Crippen LogP contribution >= 0.6 is 0 Å². The zero-order chi connectivity index (χ0) is 10.9. The Labute approximate surface area is 86.4 Å². The standard InChI is InChI=1S/C11H22N2O/c1-7(2)5-10(14)13-9-6-8(12)11(9,3)4/h7-9H,5-6,12H2,1-4H3,(H,13,14). The van der Waals surface area contributed by atoms with Gasteiger partial charge in [0, 0.05) is 23.9 Å². The van der Waals surface area contributed by atoms with Crippen LogP contribution in [0.5, 0.6) is 0 Å². The van der Waals surface area contributed by atoms with Crippen molar-refractivity contribution in [1.82, 2.24) is 5.32 Å². The molecule has 0 aromatic heterocycles. The van der Waals surface area contributed by atoms with E-state index < -0.39 is 0 Å². The first-order valence-corrected chi connectivity index (χ1v) is 5.39. The first kappa shape index (κ1) is 11.5. The number of nitrogens with one attached hydrogen (secondary N) is 1. The van der Waals surface area contributed by atoms with Gasteiger partial charge in [-0.05, 0) is 12.3 Å². The van der Waals surface area contributed by atoms with Crippen LogP contribution < -0.4 is 11.1 Å². The molecule has 1 saturated carbocycles. The molecule has 0 saturated heterocycles. The number of rotatable bonds is 3. The molecule has 2 unspecified atom stereocenters. The van der Waals surface area contributed by atoms with E-state index >= 15 is 0 Å². The second-order valence-corrected chi connectivity index (χ2v) is 5.38. The average Bonchev–Trinajstić information content (AvgIpc) is 2.02. The number of carbonyl (C=O) groups is 1. The fourth-order valence-corrected chi connectivity index (χ4v) is 1.83. The van der Waals surface area contributed by atoms with Crippen molar-refractivity contribution >= 4 is 5.91 Å². The van der Waals surface area contributed by atoms with Crippen molar-refractivity contribution in [2.45, 2.75) is 52.6 Å². The van der Waals surface area contributed by atoms with Gasteiger partial charge in [0.1, 0.15) is 0 Å². The Balaban J connectivity index is 2.36. The van der Waals surface area contributed by atoms with Gasteiger partial charge in [-0.15, -0.1) is 0 Å². The van der Waals surface area contributed by atoms with Gasteiger partial charge in [0.05, 0.1) is 0 Å². The number of hydrogen-bond donors (Lipinski definition) is 2.